The first-order valence-corrected chi connectivity index (χ1v) is 9.07. The molecule has 0 radical (unpaired) electrons. The molecule has 0 heterocycles. The van der Waals surface area contributed by atoms with Gasteiger partial charge in [-0.2, -0.15) is 0 Å². The Morgan fingerprint density at radius 1 is 1.09 bits per heavy atom. The SMILES string of the molecule is CC#CC(Cc1ccc(S(C)(=O)=O)cc1)c1cccc(C)c1. The highest BCUT2D eigenvalue weighted by Gasteiger charge is 2.11. The van der Waals surface area contributed by atoms with Gasteiger partial charge in [-0.1, -0.05) is 47.9 Å². The van der Waals surface area contributed by atoms with E-state index in [1.54, 1.807) is 12.1 Å². The van der Waals surface area contributed by atoms with Crippen LogP contribution in [0.4, 0.5) is 0 Å². The van der Waals surface area contributed by atoms with Crippen LogP contribution < -0.4 is 0 Å². The Morgan fingerprint density at radius 3 is 2.32 bits per heavy atom. The van der Waals surface area contributed by atoms with E-state index >= 15 is 0 Å². The summed E-state index contributed by atoms with van der Waals surface area (Å²) in [5.41, 5.74) is 3.50. The van der Waals surface area contributed by atoms with Gasteiger partial charge in [-0.05, 0) is 43.5 Å². The monoisotopic (exact) mass is 312 g/mol. The van der Waals surface area contributed by atoms with Gasteiger partial charge in [0.25, 0.3) is 0 Å². The van der Waals surface area contributed by atoms with Crippen molar-refractivity contribution in [1.82, 2.24) is 0 Å². The quantitative estimate of drug-likeness (QED) is 0.806. The molecule has 0 fully saturated rings. The fourth-order valence-corrected chi connectivity index (χ4v) is 3.05. The summed E-state index contributed by atoms with van der Waals surface area (Å²) in [5, 5.41) is 0. The van der Waals surface area contributed by atoms with Crippen molar-refractivity contribution in [1.29, 1.82) is 0 Å². The number of benzene rings is 2. The number of aryl methyl sites for hydroxylation is 1. The van der Waals surface area contributed by atoms with Gasteiger partial charge in [0.1, 0.15) is 0 Å². The third-order valence-corrected chi connectivity index (χ3v) is 4.68. The molecule has 0 spiro atoms. The van der Waals surface area contributed by atoms with E-state index in [1.165, 1.54) is 17.4 Å². The summed E-state index contributed by atoms with van der Waals surface area (Å²) in [5.74, 6) is 6.37. The van der Waals surface area contributed by atoms with Gasteiger partial charge in [0, 0.05) is 12.2 Å². The number of hydrogen-bond acceptors (Lipinski definition) is 2. The normalized spacial score (nSPS) is 12.3. The zero-order chi connectivity index (χ0) is 16.2. The van der Waals surface area contributed by atoms with Gasteiger partial charge in [-0.15, -0.1) is 5.92 Å². The molecule has 0 amide bonds. The van der Waals surface area contributed by atoms with Crippen molar-refractivity contribution >= 4 is 9.84 Å². The van der Waals surface area contributed by atoms with Crippen molar-refractivity contribution in [3.63, 3.8) is 0 Å². The fraction of sp³-hybridized carbons (Fsp3) is 0.263. The third kappa shape index (κ3) is 4.22. The largest absolute Gasteiger partial charge is 0.224 e. The highest BCUT2D eigenvalue weighted by molar-refractivity contribution is 7.90. The van der Waals surface area contributed by atoms with E-state index in [2.05, 4.69) is 37.0 Å². The highest BCUT2D eigenvalue weighted by Crippen LogP contribution is 2.22. The van der Waals surface area contributed by atoms with Crippen molar-refractivity contribution < 1.29 is 8.42 Å². The smallest absolute Gasteiger partial charge is 0.175 e. The van der Waals surface area contributed by atoms with E-state index in [-0.39, 0.29) is 5.92 Å². The zero-order valence-electron chi connectivity index (χ0n) is 13.1. The zero-order valence-corrected chi connectivity index (χ0v) is 13.9. The minimum absolute atomic E-state index is 0.119. The van der Waals surface area contributed by atoms with Gasteiger partial charge < -0.3 is 0 Å². The first-order chi connectivity index (χ1) is 10.4. The molecular weight excluding hydrogens is 292 g/mol. The molecular formula is C19H20O2S. The minimum Gasteiger partial charge on any atom is -0.224 e. The van der Waals surface area contributed by atoms with Crippen molar-refractivity contribution in [2.75, 3.05) is 6.26 Å². The lowest BCUT2D eigenvalue weighted by Gasteiger charge is -2.12. The molecule has 2 aromatic rings. The Hall–Kier alpha value is -2.05. The third-order valence-electron chi connectivity index (χ3n) is 3.55. The van der Waals surface area contributed by atoms with Crippen LogP contribution in [0.1, 0.15) is 29.5 Å². The van der Waals surface area contributed by atoms with Crippen LogP contribution in [0.5, 0.6) is 0 Å². The van der Waals surface area contributed by atoms with Gasteiger partial charge in [-0.3, -0.25) is 0 Å². The van der Waals surface area contributed by atoms with Crippen molar-refractivity contribution in [2.45, 2.75) is 31.1 Å². The highest BCUT2D eigenvalue weighted by atomic mass is 32.2. The van der Waals surface area contributed by atoms with Gasteiger partial charge in [0.15, 0.2) is 9.84 Å². The van der Waals surface area contributed by atoms with Crippen LogP contribution >= 0.6 is 0 Å². The van der Waals surface area contributed by atoms with Gasteiger partial charge in [0.2, 0.25) is 0 Å². The molecule has 0 saturated heterocycles. The fourth-order valence-electron chi connectivity index (χ4n) is 2.42. The second kappa shape index (κ2) is 6.81. The number of sulfone groups is 1. The summed E-state index contributed by atoms with van der Waals surface area (Å²) in [4.78, 5) is 0.352. The van der Waals surface area contributed by atoms with Crippen molar-refractivity contribution in [3.05, 3.63) is 65.2 Å². The molecule has 0 aliphatic heterocycles. The lowest BCUT2D eigenvalue weighted by atomic mass is 9.91. The maximum absolute atomic E-state index is 11.5. The van der Waals surface area contributed by atoms with E-state index in [1.807, 2.05) is 25.1 Å². The topological polar surface area (TPSA) is 34.1 Å². The van der Waals surface area contributed by atoms with Crippen LogP contribution in [-0.4, -0.2) is 14.7 Å². The molecule has 0 aliphatic carbocycles. The molecule has 2 aromatic carbocycles. The van der Waals surface area contributed by atoms with E-state index in [0.29, 0.717) is 4.90 Å². The average Bonchev–Trinajstić information content (AvgIpc) is 2.46. The Kier molecular flexibility index (Phi) is 5.05. The molecule has 0 bridgehead atoms. The average molecular weight is 312 g/mol. The van der Waals surface area contributed by atoms with Crippen molar-refractivity contribution in [2.24, 2.45) is 0 Å². The van der Waals surface area contributed by atoms with Crippen LogP contribution in [0.25, 0.3) is 0 Å². The van der Waals surface area contributed by atoms with Gasteiger partial charge in [-0.25, -0.2) is 8.42 Å². The summed E-state index contributed by atoms with van der Waals surface area (Å²) >= 11 is 0. The predicted molar refractivity (Wildman–Crippen MR) is 90.6 cm³/mol. The first kappa shape index (κ1) is 16.3. The second-order valence-corrected chi connectivity index (χ2v) is 7.50. The molecule has 0 aliphatic rings. The predicted octanol–water partition coefficient (Wildman–Crippen LogP) is 3.75. The summed E-state index contributed by atoms with van der Waals surface area (Å²) in [7, 11) is -3.14. The Balaban J connectivity index is 2.26. The van der Waals surface area contributed by atoms with Crippen molar-refractivity contribution in [3.8, 4) is 11.8 Å². The number of hydrogen-bond donors (Lipinski definition) is 0. The van der Waals surface area contributed by atoms with Gasteiger partial charge in [0.05, 0.1) is 4.90 Å². The van der Waals surface area contributed by atoms with E-state index in [9.17, 15) is 8.42 Å². The van der Waals surface area contributed by atoms with Crippen LogP contribution in [0, 0.1) is 18.8 Å². The summed E-state index contributed by atoms with van der Waals surface area (Å²) < 4.78 is 23.0. The Morgan fingerprint density at radius 2 is 1.77 bits per heavy atom. The Bertz CT molecular complexity index is 807. The Labute approximate surface area is 133 Å². The van der Waals surface area contributed by atoms with Gasteiger partial charge >= 0.3 is 0 Å². The maximum atomic E-state index is 11.5. The lowest BCUT2D eigenvalue weighted by molar-refractivity contribution is 0.602. The van der Waals surface area contributed by atoms with E-state index in [0.717, 1.165) is 12.0 Å². The first-order valence-electron chi connectivity index (χ1n) is 7.18. The van der Waals surface area contributed by atoms with E-state index in [4.69, 9.17) is 0 Å². The molecule has 2 nitrogen and oxygen atoms in total. The standard InChI is InChI=1S/C19H20O2S/c1-4-6-17(18-8-5-7-15(2)13-18)14-16-9-11-19(12-10-16)22(3,20)21/h5,7-13,17H,14H2,1-3H3. The van der Waals surface area contributed by atoms with Crippen LogP contribution in [0.2, 0.25) is 0 Å². The lowest BCUT2D eigenvalue weighted by Crippen LogP contribution is -2.02. The molecule has 2 rings (SSSR count). The van der Waals surface area contributed by atoms with Crippen LogP contribution in [0.3, 0.4) is 0 Å². The van der Waals surface area contributed by atoms with Crippen LogP contribution in [-0.2, 0) is 16.3 Å². The van der Waals surface area contributed by atoms with Crippen LogP contribution in [0.15, 0.2) is 53.4 Å². The molecule has 114 valence electrons. The minimum atomic E-state index is -3.14. The summed E-state index contributed by atoms with van der Waals surface area (Å²) in [6, 6.07) is 15.4. The molecule has 22 heavy (non-hydrogen) atoms. The second-order valence-electron chi connectivity index (χ2n) is 5.48. The maximum Gasteiger partial charge on any atom is 0.175 e. The molecule has 0 N–H and O–H groups in total. The molecule has 0 aromatic heterocycles. The molecule has 3 heteroatoms. The van der Waals surface area contributed by atoms with E-state index < -0.39 is 9.84 Å². The molecule has 1 atom stereocenters. The molecule has 1 unspecified atom stereocenters. The summed E-state index contributed by atoms with van der Waals surface area (Å²) in [6.07, 6.45) is 1.99. The summed E-state index contributed by atoms with van der Waals surface area (Å²) in [6.45, 7) is 3.91. The number of rotatable bonds is 4. The molecule has 0 saturated carbocycles.